The number of hydrogen-bond donors (Lipinski definition) is 1. The van der Waals surface area contributed by atoms with E-state index in [-0.39, 0.29) is 24.6 Å². The highest BCUT2D eigenvalue weighted by Gasteiger charge is 2.34. The molecule has 0 aliphatic carbocycles. The molecule has 2 N–H and O–H groups in total. The lowest BCUT2D eigenvalue weighted by molar-refractivity contribution is 0.340. The molecule has 2 unspecified atom stereocenters. The SMILES string of the molecule is NC(Cn1c(=O)c(-c2ccccc2Cl)c2n(c1=O)C(c1ccccc1F)CO2)c1ccccc1. The Morgan fingerprint density at radius 2 is 1.68 bits per heavy atom. The van der Waals surface area contributed by atoms with Gasteiger partial charge in [0.1, 0.15) is 24.0 Å². The van der Waals surface area contributed by atoms with Crippen molar-refractivity contribution in [2.45, 2.75) is 18.6 Å². The van der Waals surface area contributed by atoms with E-state index in [1.807, 2.05) is 30.3 Å². The lowest BCUT2D eigenvalue weighted by Gasteiger charge is -2.19. The lowest BCUT2D eigenvalue weighted by Crippen LogP contribution is -2.43. The van der Waals surface area contributed by atoms with Crippen molar-refractivity contribution in [2.24, 2.45) is 5.73 Å². The summed E-state index contributed by atoms with van der Waals surface area (Å²) in [5.74, 6) is -0.394. The molecule has 3 aromatic carbocycles. The van der Waals surface area contributed by atoms with Crippen LogP contribution < -0.4 is 21.7 Å². The molecule has 8 heteroatoms. The Kier molecular flexibility index (Phi) is 5.81. The van der Waals surface area contributed by atoms with E-state index in [1.165, 1.54) is 10.6 Å². The Hall–Kier alpha value is -3.68. The van der Waals surface area contributed by atoms with Crippen molar-refractivity contribution in [1.29, 1.82) is 0 Å². The van der Waals surface area contributed by atoms with Gasteiger partial charge in [-0.25, -0.2) is 9.18 Å². The topological polar surface area (TPSA) is 79.2 Å². The van der Waals surface area contributed by atoms with Crippen molar-refractivity contribution in [3.63, 3.8) is 0 Å². The molecule has 6 nitrogen and oxygen atoms in total. The van der Waals surface area contributed by atoms with Gasteiger partial charge >= 0.3 is 5.69 Å². The van der Waals surface area contributed by atoms with Gasteiger partial charge in [0.05, 0.1) is 6.54 Å². The summed E-state index contributed by atoms with van der Waals surface area (Å²) in [7, 11) is 0. The lowest BCUT2D eigenvalue weighted by atomic mass is 10.1. The van der Waals surface area contributed by atoms with Crippen molar-refractivity contribution in [3.8, 4) is 17.0 Å². The highest BCUT2D eigenvalue weighted by atomic mass is 35.5. The third-order valence-corrected chi connectivity index (χ3v) is 6.36. The molecule has 0 radical (unpaired) electrons. The van der Waals surface area contributed by atoms with Gasteiger partial charge in [0, 0.05) is 22.2 Å². The minimum absolute atomic E-state index is 0.00180. The van der Waals surface area contributed by atoms with E-state index in [9.17, 15) is 14.0 Å². The van der Waals surface area contributed by atoms with Crippen LogP contribution in [0.25, 0.3) is 11.1 Å². The zero-order chi connectivity index (χ0) is 23.8. The van der Waals surface area contributed by atoms with Crippen LogP contribution in [0.2, 0.25) is 5.02 Å². The number of fused-ring (bicyclic) bond motifs is 1. The minimum atomic E-state index is -0.746. The van der Waals surface area contributed by atoms with E-state index in [1.54, 1.807) is 42.5 Å². The summed E-state index contributed by atoms with van der Waals surface area (Å²) in [5.41, 5.74) is 6.83. The second kappa shape index (κ2) is 8.93. The molecule has 0 spiro atoms. The molecule has 2 atom stereocenters. The van der Waals surface area contributed by atoms with Gasteiger partial charge in [-0.3, -0.25) is 13.9 Å². The zero-order valence-corrected chi connectivity index (χ0v) is 18.8. The summed E-state index contributed by atoms with van der Waals surface area (Å²) in [6, 6.07) is 20.9. The second-order valence-electron chi connectivity index (χ2n) is 8.09. The van der Waals surface area contributed by atoms with Gasteiger partial charge in [-0.15, -0.1) is 0 Å². The summed E-state index contributed by atoms with van der Waals surface area (Å²) in [6.07, 6.45) is 0. The smallest absolute Gasteiger partial charge is 0.334 e. The number of nitrogens with zero attached hydrogens (tertiary/aromatic N) is 2. The van der Waals surface area contributed by atoms with Gasteiger partial charge in [-0.1, -0.05) is 78.3 Å². The summed E-state index contributed by atoms with van der Waals surface area (Å²) in [6.45, 7) is -0.0643. The quantitative estimate of drug-likeness (QED) is 0.468. The van der Waals surface area contributed by atoms with Crippen LogP contribution in [-0.2, 0) is 6.54 Å². The van der Waals surface area contributed by atoms with Gasteiger partial charge in [0.25, 0.3) is 5.56 Å². The Labute approximate surface area is 199 Å². The van der Waals surface area contributed by atoms with Crippen LogP contribution in [0.3, 0.4) is 0 Å². The fraction of sp³-hybridized carbons (Fsp3) is 0.154. The molecular formula is C26H21ClFN3O3. The molecule has 172 valence electrons. The molecule has 0 fully saturated rings. The second-order valence-corrected chi connectivity index (χ2v) is 8.50. The molecule has 0 bridgehead atoms. The maximum absolute atomic E-state index is 14.7. The molecule has 0 saturated carbocycles. The number of benzene rings is 3. The van der Waals surface area contributed by atoms with Crippen LogP contribution in [0.5, 0.6) is 5.88 Å². The van der Waals surface area contributed by atoms with E-state index in [4.69, 9.17) is 22.1 Å². The van der Waals surface area contributed by atoms with Crippen molar-refractivity contribution in [3.05, 3.63) is 122 Å². The van der Waals surface area contributed by atoms with Gasteiger partial charge in [-0.2, -0.15) is 0 Å². The number of nitrogens with two attached hydrogens (primary N) is 1. The number of rotatable bonds is 5. The van der Waals surface area contributed by atoms with Crippen LogP contribution in [0.4, 0.5) is 4.39 Å². The highest BCUT2D eigenvalue weighted by Crippen LogP contribution is 2.38. The molecule has 0 amide bonds. The number of halogens is 2. The summed E-state index contributed by atoms with van der Waals surface area (Å²) >= 11 is 6.43. The normalized spacial score (nSPS) is 15.6. The number of aromatic nitrogens is 2. The molecular weight excluding hydrogens is 457 g/mol. The maximum atomic E-state index is 14.7. The monoisotopic (exact) mass is 477 g/mol. The Morgan fingerprint density at radius 3 is 2.41 bits per heavy atom. The predicted octanol–water partition coefficient (Wildman–Crippen LogP) is 4.15. The summed E-state index contributed by atoms with van der Waals surface area (Å²) < 4.78 is 23.0. The van der Waals surface area contributed by atoms with Gasteiger partial charge in [0.15, 0.2) is 0 Å². The van der Waals surface area contributed by atoms with E-state index in [0.29, 0.717) is 16.1 Å². The number of hydrogen-bond acceptors (Lipinski definition) is 4. The van der Waals surface area contributed by atoms with Crippen LogP contribution in [-0.4, -0.2) is 15.7 Å². The van der Waals surface area contributed by atoms with Crippen molar-refractivity contribution >= 4 is 11.6 Å². The molecule has 1 aliphatic rings. The molecule has 1 aromatic heterocycles. The first-order chi connectivity index (χ1) is 16.5. The third kappa shape index (κ3) is 3.73. The van der Waals surface area contributed by atoms with Crippen molar-refractivity contribution < 1.29 is 9.13 Å². The molecule has 1 aliphatic heterocycles. The van der Waals surface area contributed by atoms with E-state index in [2.05, 4.69) is 0 Å². The summed E-state index contributed by atoms with van der Waals surface area (Å²) in [5, 5.41) is 0.331. The Morgan fingerprint density at radius 1 is 1.00 bits per heavy atom. The third-order valence-electron chi connectivity index (χ3n) is 6.03. The maximum Gasteiger partial charge on any atom is 0.334 e. The molecule has 4 aromatic rings. The molecule has 2 heterocycles. The van der Waals surface area contributed by atoms with Crippen LogP contribution >= 0.6 is 11.6 Å². The van der Waals surface area contributed by atoms with E-state index in [0.717, 1.165) is 10.1 Å². The first kappa shape index (κ1) is 22.1. The Balaban J connectivity index is 1.75. The summed E-state index contributed by atoms with van der Waals surface area (Å²) in [4.78, 5) is 27.3. The van der Waals surface area contributed by atoms with Crippen LogP contribution in [0.15, 0.2) is 88.5 Å². The zero-order valence-electron chi connectivity index (χ0n) is 18.0. The fourth-order valence-corrected chi connectivity index (χ4v) is 4.56. The molecule has 0 saturated heterocycles. The standard InChI is InChI=1S/C26H21ClFN3O3/c27-19-12-6-4-10-17(19)23-24(32)30(14-21(29)16-8-2-1-3-9-16)26(33)31-22(15-34-25(23)31)18-11-5-7-13-20(18)28/h1-13,21-22H,14-15,29H2. The van der Waals surface area contributed by atoms with E-state index < -0.39 is 29.1 Å². The minimum Gasteiger partial charge on any atom is -0.476 e. The first-order valence-corrected chi connectivity index (χ1v) is 11.2. The largest absolute Gasteiger partial charge is 0.476 e. The predicted molar refractivity (Wildman–Crippen MR) is 129 cm³/mol. The average Bonchev–Trinajstić information content (AvgIpc) is 3.28. The van der Waals surface area contributed by atoms with Gasteiger partial charge in [0.2, 0.25) is 5.88 Å². The van der Waals surface area contributed by atoms with Crippen LogP contribution in [0.1, 0.15) is 23.2 Å². The average molecular weight is 478 g/mol. The molecule has 34 heavy (non-hydrogen) atoms. The number of ether oxygens (including phenoxy) is 1. The molecule has 5 rings (SSSR count). The first-order valence-electron chi connectivity index (χ1n) is 10.8. The van der Waals surface area contributed by atoms with Crippen molar-refractivity contribution in [1.82, 2.24) is 9.13 Å². The van der Waals surface area contributed by atoms with Gasteiger partial charge < -0.3 is 10.5 Å². The fourth-order valence-electron chi connectivity index (χ4n) is 4.33. The van der Waals surface area contributed by atoms with Gasteiger partial charge in [-0.05, 0) is 17.7 Å². The van der Waals surface area contributed by atoms with Crippen LogP contribution in [0, 0.1) is 5.82 Å². The van der Waals surface area contributed by atoms with E-state index >= 15 is 0 Å². The van der Waals surface area contributed by atoms with Crippen molar-refractivity contribution in [2.75, 3.05) is 6.61 Å². The Bertz CT molecular complexity index is 1480. The highest BCUT2D eigenvalue weighted by molar-refractivity contribution is 6.33.